The molecule has 6 heteroatoms. The highest BCUT2D eigenvalue weighted by Gasteiger charge is 2.03. The number of amides is 1. The lowest BCUT2D eigenvalue weighted by atomic mass is 10.2. The van der Waals surface area contributed by atoms with Crippen molar-refractivity contribution in [2.75, 3.05) is 12.3 Å². The highest BCUT2D eigenvalue weighted by molar-refractivity contribution is 5.75. The van der Waals surface area contributed by atoms with Crippen LogP contribution in [0.15, 0.2) is 36.8 Å². The van der Waals surface area contributed by atoms with Crippen LogP contribution < -0.4 is 11.1 Å². The van der Waals surface area contributed by atoms with Crippen LogP contribution in [0.4, 0.5) is 5.82 Å². The van der Waals surface area contributed by atoms with Crippen LogP contribution in [0.2, 0.25) is 0 Å². The average Bonchev–Trinajstić information content (AvgIpc) is 2.76. The van der Waals surface area contributed by atoms with Gasteiger partial charge in [0.2, 0.25) is 5.91 Å². The Labute approximate surface area is 105 Å². The van der Waals surface area contributed by atoms with Crippen LogP contribution in [0.1, 0.15) is 5.56 Å². The molecule has 0 bridgehead atoms. The summed E-state index contributed by atoms with van der Waals surface area (Å²) in [7, 11) is 0. The lowest BCUT2D eigenvalue weighted by Crippen LogP contribution is -2.29. The Hall–Kier alpha value is -2.37. The normalized spacial score (nSPS) is 10.2. The number of nitrogen functional groups attached to an aromatic ring is 1. The maximum absolute atomic E-state index is 11.6. The van der Waals surface area contributed by atoms with Crippen molar-refractivity contribution >= 4 is 11.7 Å². The number of rotatable bonds is 5. The van der Waals surface area contributed by atoms with E-state index < -0.39 is 0 Å². The van der Waals surface area contributed by atoms with Gasteiger partial charge in [0.05, 0.1) is 0 Å². The first-order chi connectivity index (χ1) is 8.74. The summed E-state index contributed by atoms with van der Waals surface area (Å²) in [6.07, 6.45) is 5.95. The lowest BCUT2D eigenvalue weighted by Gasteiger charge is -2.05. The minimum Gasteiger partial charge on any atom is -0.382 e. The molecule has 0 aliphatic carbocycles. The summed E-state index contributed by atoms with van der Waals surface area (Å²) in [5.74, 6) is 0.340. The highest BCUT2D eigenvalue weighted by Crippen LogP contribution is 1.97. The van der Waals surface area contributed by atoms with Gasteiger partial charge in [-0.2, -0.15) is 5.10 Å². The van der Waals surface area contributed by atoms with Gasteiger partial charge < -0.3 is 11.1 Å². The fourth-order valence-electron chi connectivity index (χ4n) is 1.56. The monoisotopic (exact) mass is 245 g/mol. The second kappa shape index (κ2) is 5.81. The Morgan fingerprint density at radius 2 is 2.11 bits per heavy atom. The molecule has 94 valence electrons. The number of carbonyl (C=O) groups is 1. The van der Waals surface area contributed by atoms with Gasteiger partial charge in [0.25, 0.3) is 0 Å². The summed E-state index contributed by atoms with van der Waals surface area (Å²) in [6, 6.07) is 5.52. The Kier molecular flexibility index (Phi) is 3.90. The van der Waals surface area contributed by atoms with Gasteiger partial charge in [0.1, 0.15) is 12.4 Å². The van der Waals surface area contributed by atoms with Crippen LogP contribution in [-0.2, 0) is 17.8 Å². The predicted octanol–water partition coefficient (Wildman–Crippen LogP) is 0.219. The Morgan fingerprint density at radius 3 is 2.78 bits per heavy atom. The van der Waals surface area contributed by atoms with Gasteiger partial charge in [-0.05, 0) is 30.2 Å². The molecule has 2 heterocycles. The van der Waals surface area contributed by atoms with Crippen molar-refractivity contribution in [3.8, 4) is 0 Å². The molecule has 0 spiro atoms. The van der Waals surface area contributed by atoms with Gasteiger partial charge in [0, 0.05) is 25.1 Å². The van der Waals surface area contributed by atoms with Crippen LogP contribution >= 0.6 is 0 Å². The smallest absolute Gasteiger partial charge is 0.241 e. The molecule has 2 aromatic rings. The van der Waals surface area contributed by atoms with Gasteiger partial charge in [-0.3, -0.25) is 14.5 Å². The van der Waals surface area contributed by atoms with E-state index in [1.165, 1.54) is 4.68 Å². The van der Waals surface area contributed by atoms with E-state index in [0.717, 1.165) is 12.0 Å². The number of anilines is 1. The summed E-state index contributed by atoms with van der Waals surface area (Å²) in [4.78, 5) is 15.5. The molecule has 0 aliphatic heterocycles. The molecule has 2 rings (SSSR count). The number of nitrogens with one attached hydrogen (secondary N) is 1. The molecule has 0 saturated carbocycles. The number of pyridine rings is 1. The third-order valence-electron chi connectivity index (χ3n) is 2.45. The number of hydrogen-bond acceptors (Lipinski definition) is 4. The SMILES string of the molecule is Nc1ccn(CC(=O)NCCc2ccncc2)n1. The molecule has 0 aliphatic rings. The maximum atomic E-state index is 11.6. The van der Waals surface area contributed by atoms with Gasteiger partial charge in [-0.25, -0.2) is 0 Å². The summed E-state index contributed by atoms with van der Waals surface area (Å²) in [5, 5.41) is 6.77. The van der Waals surface area contributed by atoms with Crippen LogP contribution in [-0.4, -0.2) is 27.2 Å². The molecule has 0 saturated heterocycles. The molecule has 6 nitrogen and oxygen atoms in total. The number of carbonyl (C=O) groups excluding carboxylic acids is 1. The van der Waals surface area contributed by atoms with Crippen molar-refractivity contribution in [3.63, 3.8) is 0 Å². The van der Waals surface area contributed by atoms with Crippen molar-refractivity contribution in [2.45, 2.75) is 13.0 Å². The van der Waals surface area contributed by atoms with Gasteiger partial charge in [-0.15, -0.1) is 0 Å². The molecule has 0 fully saturated rings. The zero-order valence-electron chi connectivity index (χ0n) is 9.91. The lowest BCUT2D eigenvalue weighted by molar-refractivity contribution is -0.121. The molecule has 3 N–H and O–H groups in total. The number of aromatic nitrogens is 3. The van der Waals surface area contributed by atoms with Crippen molar-refractivity contribution < 1.29 is 4.79 Å². The first kappa shape index (κ1) is 12.1. The van der Waals surface area contributed by atoms with Crippen LogP contribution in [0, 0.1) is 0 Å². The van der Waals surface area contributed by atoms with E-state index >= 15 is 0 Å². The fourth-order valence-corrected chi connectivity index (χ4v) is 1.56. The summed E-state index contributed by atoms with van der Waals surface area (Å²) in [5.41, 5.74) is 6.61. The zero-order chi connectivity index (χ0) is 12.8. The summed E-state index contributed by atoms with van der Waals surface area (Å²) >= 11 is 0. The van der Waals surface area contributed by atoms with E-state index in [1.807, 2.05) is 12.1 Å². The molecule has 1 amide bonds. The number of nitrogens with two attached hydrogens (primary N) is 1. The molecule has 0 radical (unpaired) electrons. The Balaban J connectivity index is 1.72. The van der Waals surface area contributed by atoms with Crippen molar-refractivity contribution in [1.82, 2.24) is 20.1 Å². The summed E-state index contributed by atoms with van der Waals surface area (Å²) < 4.78 is 1.51. The van der Waals surface area contributed by atoms with Crippen molar-refractivity contribution in [3.05, 3.63) is 42.4 Å². The minimum atomic E-state index is -0.0767. The standard InChI is InChI=1S/C12H15N5O/c13-11-4-8-17(16-11)9-12(18)15-7-3-10-1-5-14-6-2-10/h1-2,4-6,8H,3,7,9H2,(H2,13,16)(H,15,18). The molecule has 0 atom stereocenters. The Bertz CT molecular complexity index is 508. The van der Waals surface area contributed by atoms with E-state index in [4.69, 9.17) is 5.73 Å². The highest BCUT2D eigenvalue weighted by atomic mass is 16.2. The zero-order valence-corrected chi connectivity index (χ0v) is 9.91. The van der Waals surface area contributed by atoms with Crippen LogP contribution in [0.3, 0.4) is 0 Å². The van der Waals surface area contributed by atoms with Crippen molar-refractivity contribution in [1.29, 1.82) is 0 Å². The van der Waals surface area contributed by atoms with Crippen LogP contribution in [0.25, 0.3) is 0 Å². The molecule has 0 unspecified atom stereocenters. The first-order valence-corrected chi connectivity index (χ1v) is 5.68. The minimum absolute atomic E-state index is 0.0767. The van der Waals surface area contributed by atoms with Gasteiger partial charge >= 0.3 is 0 Å². The third-order valence-corrected chi connectivity index (χ3v) is 2.45. The van der Waals surface area contributed by atoms with E-state index in [-0.39, 0.29) is 12.5 Å². The molecular formula is C12H15N5O. The number of hydrogen-bond donors (Lipinski definition) is 2. The molecule has 18 heavy (non-hydrogen) atoms. The van der Waals surface area contributed by atoms with E-state index in [0.29, 0.717) is 12.4 Å². The van der Waals surface area contributed by atoms with Gasteiger partial charge in [0.15, 0.2) is 0 Å². The van der Waals surface area contributed by atoms with Crippen LogP contribution in [0.5, 0.6) is 0 Å². The van der Waals surface area contributed by atoms with E-state index in [2.05, 4.69) is 15.4 Å². The predicted molar refractivity (Wildman–Crippen MR) is 67.6 cm³/mol. The average molecular weight is 245 g/mol. The third kappa shape index (κ3) is 3.58. The van der Waals surface area contributed by atoms with E-state index in [1.54, 1.807) is 24.7 Å². The van der Waals surface area contributed by atoms with E-state index in [9.17, 15) is 4.79 Å². The molecule has 0 aromatic carbocycles. The Morgan fingerprint density at radius 1 is 1.33 bits per heavy atom. The molecular weight excluding hydrogens is 230 g/mol. The second-order valence-corrected chi connectivity index (χ2v) is 3.89. The topological polar surface area (TPSA) is 85.8 Å². The quantitative estimate of drug-likeness (QED) is 0.789. The number of nitrogens with zero attached hydrogens (tertiary/aromatic N) is 3. The maximum Gasteiger partial charge on any atom is 0.241 e. The van der Waals surface area contributed by atoms with Crippen molar-refractivity contribution in [2.24, 2.45) is 0 Å². The first-order valence-electron chi connectivity index (χ1n) is 5.68. The fraction of sp³-hybridized carbons (Fsp3) is 0.250. The largest absolute Gasteiger partial charge is 0.382 e. The second-order valence-electron chi connectivity index (χ2n) is 3.89. The van der Waals surface area contributed by atoms with Gasteiger partial charge in [-0.1, -0.05) is 0 Å². The summed E-state index contributed by atoms with van der Waals surface area (Å²) in [6.45, 7) is 0.785. The molecule has 2 aromatic heterocycles.